The largest absolute Gasteiger partial charge is 0.440 e. The summed E-state index contributed by atoms with van der Waals surface area (Å²) in [6.45, 7) is 5.28. The highest BCUT2D eigenvalue weighted by Crippen LogP contribution is 2.17. The fraction of sp³-hybridized carbons (Fsp3) is 0.700. The summed E-state index contributed by atoms with van der Waals surface area (Å²) in [5.74, 6) is 0.880. The maximum atomic E-state index is 5.42. The van der Waals surface area contributed by atoms with Crippen LogP contribution in [0.3, 0.4) is 0 Å². The average Bonchev–Trinajstić information content (AvgIpc) is 2.71. The normalized spacial score (nSPS) is 11.1. The summed E-state index contributed by atoms with van der Waals surface area (Å²) in [4.78, 5) is 4.02. The van der Waals surface area contributed by atoms with Gasteiger partial charge in [0.15, 0.2) is 6.29 Å². The predicted octanol–water partition coefficient (Wildman–Crippen LogP) is 2.56. The van der Waals surface area contributed by atoms with Crippen molar-refractivity contribution in [2.45, 2.75) is 31.8 Å². The molecule has 0 fully saturated rings. The maximum absolute atomic E-state index is 5.42. The van der Waals surface area contributed by atoms with E-state index in [4.69, 9.17) is 13.9 Å². The molecule has 1 heterocycles. The van der Waals surface area contributed by atoms with Crippen LogP contribution < -0.4 is 0 Å². The van der Waals surface area contributed by atoms with E-state index < -0.39 is 0 Å². The summed E-state index contributed by atoms with van der Waals surface area (Å²) in [6.07, 6.45) is 3.95. The number of rotatable bonds is 8. The van der Waals surface area contributed by atoms with Crippen molar-refractivity contribution in [3.63, 3.8) is 0 Å². The fourth-order valence-corrected chi connectivity index (χ4v) is 1.85. The first-order chi connectivity index (χ1) is 7.36. The minimum Gasteiger partial charge on any atom is -0.440 e. The highest BCUT2D eigenvalue weighted by atomic mass is 32.2. The molecule has 0 aromatic carbocycles. The lowest BCUT2D eigenvalue weighted by Crippen LogP contribution is -2.18. The van der Waals surface area contributed by atoms with E-state index in [9.17, 15) is 0 Å². The molecule has 0 aliphatic heterocycles. The van der Waals surface area contributed by atoms with E-state index in [2.05, 4.69) is 4.98 Å². The molecule has 0 radical (unpaired) electrons. The van der Waals surface area contributed by atoms with Crippen molar-refractivity contribution in [1.29, 1.82) is 0 Å². The molecule has 0 spiro atoms. The summed E-state index contributed by atoms with van der Waals surface area (Å²) in [6, 6.07) is 0. The van der Waals surface area contributed by atoms with E-state index in [-0.39, 0.29) is 6.29 Å². The van der Waals surface area contributed by atoms with Crippen LogP contribution in [0.5, 0.6) is 0 Å². The minimum absolute atomic E-state index is 0.109. The summed E-state index contributed by atoms with van der Waals surface area (Å²) in [5.41, 5.74) is 0. The molecule has 1 aromatic rings. The Hall–Kier alpha value is -0.520. The Kier molecular flexibility index (Phi) is 6.47. The number of ether oxygens (including phenoxy) is 2. The first-order valence-corrected chi connectivity index (χ1v) is 6.10. The maximum Gasteiger partial charge on any atom is 0.255 e. The van der Waals surface area contributed by atoms with Crippen molar-refractivity contribution < 1.29 is 13.9 Å². The molecule has 0 N–H and O–H groups in total. The van der Waals surface area contributed by atoms with Gasteiger partial charge in [-0.15, -0.1) is 0 Å². The van der Waals surface area contributed by atoms with Gasteiger partial charge in [0.2, 0.25) is 0 Å². The van der Waals surface area contributed by atoms with E-state index in [1.54, 1.807) is 24.2 Å². The van der Waals surface area contributed by atoms with Crippen LogP contribution in [0.15, 0.2) is 22.1 Å². The Morgan fingerprint density at radius 2 is 2.13 bits per heavy atom. The SMILES string of the molecule is CCOC(CCSc1ncco1)OCC. The standard InChI is InChI=1S/C10H17NO3S/c1-3-12-9(13-4-2)5-8-15-10-11-6-7-14-10/h6-7,9H,3-5,8H2,1-2H3. The summed E-state index contributed by atoms with van der Waals surface area (Å²) < 4.78 is 15.9. The topological polar surface area (TPSA) is 44.5 Å². The van der Waals surface area contributed by atoms with E-state index in [1.165, 1.54) is 0 Å². The van der Waals surface area contributed by atoms with Crippen LogP contribution in [0, 0.1) is 0 Å². The Labute approximate surface area is 94.4 Å². The predicted molar refractivity (Wildman–Crippen MR) is 58.9 cm³/mol. The molecule has 15 heavy (non-hydrogen) atoms. The van der Waals surface area contributed by atoms with Gasteiger partial charge in [0, 0.05) is 25.4 Å². The van der Waals surface area contributed by atoms with Gasteiger partial charge in [-0.2, -0.15) is 0 Å². The number of hydrogen-bond donors (Lipinski definition) is 0. The van der Waals surface area contributed by atoms with Crippen molar-refractivity contribution in [2.24, 2.45) is 0 Å². The summed E-state index contributed by atoms with van der Waals surface area (Å²) in [7, 11) is 0. The van der Waals surface area contributed by atoms with Gasteiger partial charge in [-0.05, 0) is 13.8 Å². The lowest BCUT2D eigenvalue weighted by Gasteiger charge is -2.15. The quantitative estimate of drug-likeness (QED) is 0.508. The van der Waals surface area contributed by atoms with Crippen molar-refractivity contribution in [3.8, 4) is 0 Å². The third-order valence-electron chi connectivity index (χ3n) is 1.69. The van der Waals surface area contributed by atoms with E-state index in [1.807, 2.05) is 13.8 Å². The lowest BCUT2D eigenvalue weighted by atomic mass is 10.5. The third-order valence-corrected chi connectivity index (χ3v) is 2.58. The molecule has 1 rings (SSSR count). The zero-order valence-corrected chi connectivity index (χ0v) is 9.96. The van der Waals surface area contributed by atoms with Gasteiger partial charge in [0.25, 0.3) is 5.22 Å². The molecule has 0 saturated carbocycles. The number of nitrogens with zero attached hydrogens (tertiary/aromatic N) is 1. The first kappa shape index (κ1) is 12.5. The van der Waals surface area contributed by atoms with Crippen LogP contribution in [0.4, 0.5) is 0 Å². The van der Waals surface area contributed by atoms with Gasteiger partial charge in [0.05, 0.1) is 6.20 Å². The first-order valence-electron chi connectivity index (χ1n) is 5.12. The van der Waals surface area contributed by atoms with Crippen molar-refractivity contribution >= 4 is 11.8 Å². The number of aromatic nitrogens is 1. The highest BCUT2D eigenvalue weighted by Gasteiger charge is 2.08. The second-order valence-corrected chi connectivity index (χ2v) is 3.82. The number of hydrogen-bond acceptors (Lipinski definition) is 5. The van der Waals surface area contributed by atoms with Crippen LogP contribution in [-0.2, 0) is 9.47 Å². The zero-order valence-electron chi connectivity index (χ0n) is 9.14. The Bertz CT molecular complexity index is 235. The van der Waals surface area contributed by atoms with Gasteiger partial charge in [0.1, 0.15) is 6.26 Å². The van der Waals surface area contributed by atoms with E-state index in [0.29, 0.717) is 18.4 Å². The molecule has 0 saturated heterocycles. The van der Waals surface area contributed by atoms with Gasteiger partial charge in [-0.25, -0.2) is 4.98 Å². The van der Waals surface area contributed by atoms with E-state index in [0.717, 1.165) is 12.2 Å². The van der Waals surface area contributed by atoms with Crippen LogP contribution in [-0.4, -0.2) is 30.2 Å². The molecular formula is C10H17NO3S. The zero-order chi connectivity index (χ0) is 10.9. The fourth-order valence-electron chi connectivity index (χ4n) is 1.11. The third kappa shape index (κ3) is 5.20. The lowest BCUT2D eigenvalue weighted by molar-refractivity contribution is -0.136. The molecule has 0 bridgehead atoms. The molecule has 5 heteroatoms. The molecule has 0 aliphatic rings. The van der Waals surface area contributed by atoms with Crippen LogP contribution in [0.2, 0.25) is 0 Å². The molecule has 0 unspecified atom stereocenters. The van der Waals surface area contributed by atoms with Crippen molar-refractivity contribution in [1.82, 2.24) is 4.98 Å². The monoisotopic (exact) mass is 231 g/mol. The summed E-state index contributed by atoms with van der Waals surface area (Å²) >= 11 is 1.57. The summed E-state index contributed by atoms with van der Waals surface area (Å²) in [5, 5.41) is 0.696. The Balaban J connectivity index is 2.15. The molecular weight excluding hydrogens is 214 g/mol. The molecule has 1 aromatic heterocycles. The average molecular weight is 231 g/mol. The van der Waals surface area contributed by atoms with Crippen molar-refractivity contribution in [3.05, 3.63) is 12.5 Å². The molecule has 0 atom stereocenters. The van der Waals surface area contributed by atoms with Gasteiger partial charge in [-0.3, -0.25) is 0 Å². The molecule has 0 aliphatic carbocycles. The van der Waals surface area contributed by atoms with E-state index >= 15 is 0 Å². The van der Waals surface area contributed by atoms with Crippen LogP contribution in [0.1, 0.15) is 20.3 Å². The van der Waals surface area contributed by atoms with Gasteiger partial charge >= 0.3 is 0 Å². The molecule has 86 valence electrons. The van der Waals surface area contributed by atoms with Gasteiger partial charge in [-0.1, -0.05) is 11.8 Å². The second-order valence-electron chi connectivity index (χ2n) is 2.78. The Morgan fingerprint density at radius 1 is 1.40 bits per heavy atom. The van der Waals surface area contributed by atoms with Gasteiger partial charge < -0.3 is 13.9 Å². The highest BCUT2D eigenvalue weighted by molar-refractivity contribution is 7.99. The minimum atomic E-state index is -0.109. The number of thioether (sulfide) groups is 1. The number of oxazole rings is 1. The van der Waals surface area contributed by atoms with Crippen LogP contribution >= 0.6 is 11.8 Å². The second kappa shape index (κ2) is 7.73. The molecule has 0 amide bonds. The smallest absolute Gasteiger partial charge is 0.255 e. The Morgan fingerprint density at radius 3 is 2.67 bits per heavy atom. The van der Waals surface area contributed by atoms with Crippen molar-refractivity contribution in [2.75, 3.05) is 19.0 Å². The molecule has 4 nitrogen and oxygen atoms in total. The van der Waals surface area contributed by atoms with Crippen LogP contribution in [0.25, 0.3) is 0 Å².